The van der Waals surface area contributed by atoms with Crippen molar-refractivity contribution in [3.05, 3.63) is 71.0 Å². The van der Waals surface area contributed by atoms with Gasteiger partial charge in [-0.2, -0.15) is 0 Å². The molecule has 5 nitrogen and oxygen atoms in total. The van der Waals surface area contributed by atoms with Crippen molar-refractivity contribution < 1.29 is 14.0 Å². The Morgan fingerprint density at radius 1 is 1.28 bits per heavy atom. The van der Waals surface area contributed by atoms with Gasteiger partial charge in [-0.1, -0.05) is 41.0 Å². The van der Waals surface area contributed by atoms with Crippen LogP contribution in [0.1, 0.15) is 6.42 Å². The number of thioether (sulfide) groups is 1. The Labute approximate surface area is 181 Å². The van der Waals surface area contributed by atoms with Crippen LogP contribution in [-0.2, 0) is 9.59 Å². The zero-order valence-corrected chi connectivity index (χ0v) is 17.4. The van der Waals surface area contributed by atoms with E-state index in [2.05, 4.69) is 16.9 Å². The van der Waals surface area contributed by atoms with E-state index in [1.54, 1.807) is 18.2 Å². The maximum atomic E-state index is 13.1. The van der Waals surface area contributed by atoms with Crippen LogP contribution in [0.2, 0.25) is 10.0 Å². The van der Waals surface area contributed by atoms with Gasteiger partial charge in [-0.3, -0.25) is 14.5 Å². The van der Waals surface area contributed by atoms with E-state index in [0.717, 1.165) is 0 Å². The van der Waals surface area contributed by atoms with Crippen LogP contribution in [0.25, 0.3) is 0 Å². The molecule has 1 N–H and O–H groups in total. The fourth-order valence-corrected chi connectivity index (χ4v) is 4.23. The number of amidine groups is 1. The van der Waals surface area contributed by atoms with Crippen LogP contribution in [0.15, 0.2) is 60.1 Å². The van der Waals surface area contributed by atoms with Crippen LogP contribution in [-0.4, -0.2) is 33.7 Å². The third kappa shape index (κ3) is 5.38. The molecule has 0 bridgehead atoms. The van der Waals surface area contributed by atoms with Crippen molar-refractivity contribution in [3.63, 3.8) is 0 Å². The second-order valence-corrected chi connectivity index (χ2v) is 8.10. The van der Waals surface area contributed by atoms with Gasteiger partial charge in [-0.25, -0.2) is 9.38 Å². The van der Waals surface area contributed by atoms with Crippen LogP contribution in [0.4, 0.5) is 15.8 Å². The van der Waals surface area contributed by atoms with Gasteiger partial charge in [-0.05, 0) is 42.5 Å². The predicted molar refractivity (Wildman–Crippen MR) is 116 cm³/mol. The summed E-state index contributed by atoms with van der Waals surface area (Å²) >= 11 is 13.1. The van der Waals surface area contributed by atoms with Crippen molar-refractivity contribution in [1.29, 1.82) is 0 Å². The highest BCUT2D eigenvalue weighted by Gasteiger charge is 2.38. The lowest BCUT2D eigenvalue weighted by atomic mass is 10.2. The number of carbonyl (C=O) groups is 2. The third-order valence-corrected chi connectivity index (χ3v) is 5.68. The van der Waals surface area contributed by atoms with Crippen molar-refractivity contribution in [1.82, 2.24) is 4.90 Å². The molecule has 2 aromatic rings. The summed E-state index contributed by atoms with van der Waals surface area (Å²) in [4.78, 5) is 31.0. The Morgan fingerprint density at radius 3 is 2.66 bits per heavy atom. The molecule has 0 unspecified atom stereocenters. The summed E-state index contributed by atoms with van der Waals surface area (Å²) in [6.45, 7) is 3.91. The standard InChI is InChI=1S/C20H16Cl2FN3O2S/c1-2-9-26-19(28)17(29-20(26)24-14-6-4-13(23)5-7-14)11-18(27)25-16-8-3-12(21)10-15(16)22/h2-8,10,17H,1,9,11H2,(H,25,27)/t17-/m0/s1. The summed E-state index contributed by atoms with van der Waals surface area (Å²) in [5.41, 5.74) is 0.925. The number of rotatable bonds is 6. The highest BCUT2D eigenvalue weighted by Crippen LogP contribution is 2.32. The lowest BCUT2D eigenvalue weighted by Gasteiger charge is -2.14. The van der Waals surface area contributed by atoms with E-state index >= 15 is 0 Å². The molecule has 1 aliphatic heterocycles. The molecule has 1 fully saturated rings. The molecule has 1 aliphatic rings. The first-order valence-electron chi connectivity index (χ1n) is 8.55. The molecule has 2 aromatic carbocycles. The molecule has 0 saturated carbocycles. The number of hydrogen-bond donors (Lipinski definition) is 1. The number of nitrogens with zero attached hydrogens (tertiary/aromatic N) is 2. The van der Waals surface area contributed by atoms with E-state index in [4.69, 9.17) is 23.2 Å². The molecule has 150 valence electrons. The molecule has 0 aromatic heterocycles. The number of hydrogen-bond acceptors (Lipinski definition) is 4. The summed E-state index contributed by atoms with van der Waals surface area (Å²) < 4.78 is 13.1. The molecular formula is C20H16Cl2FN3O2S. The van der Waals surface area contributed by atoms with Gasteiger partial charge in [0.15, 0.2) is 5.17 Å². The molecule has 1 heterocycles. The van der Waals surface area contributed by atoms with E-state index < -0.39 is 5.25 Å². The van der Waals surface area contributed by atoms with Gasteiger partial charge in [0.05, 0.1) is 16.4 Å². The average molecular weight is 452 g/mol. The van der Waals surface area contributed by atoms with E-state index in [1.165, 1.54) is 47.0 Å². The second-order valence-electron chi connectivity index (χ2n) is 6.09. The summed E-state index contributed by atoms with van der Waals surface area (Å²) in [7, 11) is 0. The van der Waals surface area contributed by atoms with Crippen molar-refractivity contribution in [2.45, 2.75) is 11.7 Å². The Balaban J connectivity index is 1.74. The zero-order chi connectivity index (χ0) is 21.0. The molecule has 1 atom stereocenters. The summed E-state index contributed by atoms with van der Waals surface area (Å²) in [5, 5.41) is 3.25. The number of amides is 2. The first-order valence-corrected chi connectivity index (χ1v) is 10.2. The minimum Gasteiger partial charge on any atom is -0.325 e. The fraction of sp³-hybridized carbons (Fsp3) is 0.150. The van der Waals surface area contributed by atoms with Gasteiger partial charge in [0, 0.05) is 18.0 Å². The van der Waals surface area contributed by atoms with E-state index in [9.17, 15) is 14.0 Å². The van der Waals surface area contributed by atoms with Gasteiger partial charge in [-0.15, -0.1) is 6.58 Å². The second kappa shape index (κ2) is 9.43. The van der Waals surface area contributed by atoms with Crippen LogP contribution >= 0.6 is 35.0 Å². The Kier molecular flexibility index (Phi) is 6.95. The number of aliphatic imine (C=N–C) groups is 1. The van der Waals surface area contributed by atoms with Gasteiger partial charge in [0.25, 0.3) is 0 Å². The SMILES string of the molecule is C=CCN1C(=O)[C@H](CC(=O)Nc2ccc(Cl)cc2Cl)SC1=Nc1ccc(F)cc1. The van der Waals surface area contributed by atoms with Gasteiger partial charge in [0.1, 0.15) is 11.1 Å². The average Bonchev–Trinajstić information content (AvgIpc) is 2.95. The van der Waals surface area contributed by atoms with Crippen LogP contribution in [0.3, 0.4) is 0 Å². The van der Waals surface area contributed by atoms with Gasteiger partial charge < -0.3 is 5.32 Å². The molecule has 9 heteroatoms. The Bertz CT molecular complexity index is 982. The first kappa shape index (κ1) is 21.4. The van der Waals surface area contributed by atoms with Crippen molar-refractivity contribution >= 4 is 63.3 Å². The predicted octanol–water partition coefficient (Wildman–Crippen LogP) is 5.28. The van der Waals surface area contributed by atoms with Crippen LogP contribution in [0.5, 0.6) is 0 Å². The lowest BCUT2D eigenvalue weighted by molar-refractivity contribution is -0.127. The molecule has 1 saturated heterocycles. The molecule has 3 rings (SSSR count). The van der Waals surface area contributed by atoms with E-state index in [0.29, 0.717) is 26.6 Å². The number of carbonyl (C=O) groups excluding carboxylic acids is 2. The Hall–Kier alpha value is -2.35. The highest BCUT2D eigenvalue weighted by atomic mass is 35.5. The zero-order valence-electron chi connectivity index (χ0n) is 15.1. The largest absolute Gasteiger partial charge is 0.325 e. The highest BCUT2D eigenvalue weighted by molar-refractivity contribution is 8.15. The molecule has 2 amide bonds. The normalized spacial score (nSPS) is 17.6. The quantitative estimate of drug-likeness (QED) is 0.607. The Morgan fingerprint density at radius 2 is 2.00 bits per heavy atom. The molecule has 0 aliphatic carbocycles. The summed E-state index contributed by atoms with van der Waals surface area (Å²) in [6.07, 6.45) is 1.52. The topological polar surface area (TPSA) is 61.8 Å². The smallest absolute Gasteiger partial charge is 0.242 e. The molecular weight excluding hydrogens is 436 g/mol. The van der Waals surface area contributed by atoms with Gasteiger partial charge >= 0.3 is 0 Å². The molecule has 0 spiro atoms. The van der Waals surface area contributed by atoms with Crippen molar-refractivity contribution in [3.8, 4) is 0 Å². The number of nitrogens with one attached hydrogen (secondary N) is 1. The minimum absolute atomic E-state index is 0.0570. The lowest BCUT2D eigenvalue weighted by Crippen LogP contribution is -2.33. The van der Waals surface area contributed by atoms with Crippen LogP contribution < -0.4 is 5.32 Å². The summed E-state index contributed by atoms with van der Waals surface area (Å²) in [6, 6.07) is 10.3. The van der Waals surface area contributed by atoms with Crippen molar-refractivity contribution in [2.24, 2.45) is 4.99 Å². The fourth-order valence-electron chi connectivity index (χ4n) is 2.61. The van der Waals surface area contributed by atoms with E-state index in [-0.39, 0.29) is 30.6 Å². The number of benzene rings is 2. The summed E-state index contributed by atoms with van der Waals surface area (Å²) in [5.74, 6) is -0.975. The monoisotopic (exact) mass is 451 g/mol. The van der Waals surface area contributed by atoms with Crippen LogP contribution in [0, 0.1) is 5.82 Å². The maximum Gasteiger partial charge on any atom is 0.242 e. The first-order chi connectivity index (χ1) is 13.9. The van der Waals surface area contributed by atoms with E-state index in [1.807, 2.05) is 0 Å². The molecule has 29 heavy (non-hydrogen) atoms. The molecule has 0 radical (unpaired) electrons. The third-order valence-electron chi connectivity index (χ3n) is 3.96. The number of halogens is 3. The number of anilines is 1. The maximum absolute atomic E-state index is 13.1. The van der Waals surface area contributed by atoms with Crippen molar-refractivity contribution in [2.75, 3.05) is 11.9 Å². The minimum atomic E-state index is -0.639. The van der Waals surface area contributed by atoms with Gasteiger partial charge in [0.2, 0.25) is 11.8 Å².